The molecule has 0 bridgehead atoms. The maximum atomic E-state index is 11.4. The molecule has 8 nitrogen and oxygen atoms in total. The third-order valence-corrected chi connectivity index (χ3v) is 3.21. The van der Waals surface area contributed by atoms with Crippen molar-refractivity contribution >= 4 is 28.4 Å². The average molecular weight is 297 g/mol. The number of nitrogens with one attached hydrogen (secondary N) is 2. The van der Waals surface area contributed by atoms with Gasteiger partial charge in [0.1, 0.15) is 11.6 Å². The van der Waals surface area contributed by atoms with Gasteiger partial charge in [-0.25, -0.2) is 14.8 Å². The molecule has 0 radical (unpaired) electrons. The van der Waals surface area contributed by atoms with E-state index < -0.39 is 0 Å². The zero-order valence-corrected chi connectivity index (χ0v) is 12.2. The van der Waals surface area contributed by atoms with Crippen LogP contribution in [-0.4, -0.2) is 32.8 Å². The molecule has 2 amide bonds. The number of fused-ring (bicyclic) bond motifs is 1. The number of hydrogen-bond acceptors (Lipinski definition) is 5. The molecular formula is C14H15N7O. The number of carbonyl (C=O) groups excluding carboxylic acids is 1. The van der Waals surface area contributed by atoms with Gasteiger partial charge in [-0.1, -0.05) is 0 Å². The molecule has 0 spiro atoms. The highest BCUT2D eigenvalue weighted by Crippen LogP contribution is 2.26. The summed E-state index contributed by atoms with van der Waals surface area (Å²) in [6, 6.07) is 3.31. The Labute approximate surface area is 126 Å². The number of nitrogen functional groups attached to an aromatic ring is 1. The Hall–Kier alpha value is -3.16. The van der Waals surface area contributed by atoms with E-state index in [9.17, 15) is 4.79 Å². The first-order valence-corrected chi connectivity index (χ1v) is 6.61. The summed E-state index contributed by atoms with van der Waals surface area (Å²) in [5.41, 5.74) is 7.59. The molecule has 4 N–H and O–H groups in total. The zero-order valence-electron chi connectivity index (χ0n) is 12.2. The van der Waals surface area contributed by atoms with Crippen LogP contribution in [0.25, 0.3) is 22.0 Å². The molecule has 0 aliphatic heterocycles. The van der Waals surface area contributed by atoms with Crippen molar-refractivity contribution in [2.75, 3.05) is 18.1 Å². The Bertz CT molecular complexity index is 856. The molecule has 0 unspecified atom stereocenters. The highest BCUT2D eigenvalue weighted by Gasteiger charge is 2.09. The first-order valence-electron chi connectivity index (χ1n) is 6.61. The Morgan fingerprint density at radius 2 is 2.14 bits per heavy atom. The van der Waals surface area contributed by atoms with Crippen LogP contribution in [0.1, 0.15) is 0 Å². The number of pyridine rings is 2. The third-order valence-electron chi connectivity index (χ3n) is 3.21. The SMILES string of the molecule is CNC(=O)Nc1cc2cc(-c3cnn(C)c3)nc(N)c2cn1. The number of anilines is 2. The fourth-order valence-corrected chi connectivity index (χ4v) is 2.12. The van der Waals surface area contributed by atoms with Crippen LogP contribution in [0.4, 0.5) is 16.4 Å². The van der Waals surface area contributed by atoms with Gasteiger partial charge in [0.25, 0.3) is 0 Å². The van der Waals surface area contributed by atoms with E-state index >= 15 is 0 Å². The third kappa shape index (κ3) is 2.53. The Morgan fingerprint density at radius 1 is 1.32 bits per heavy atom. The lowest BCUT2D eigenvalue weighted by Gasteiger charge is -2.07. The lowest BCUT2D eigenvalue weighted by molar-refractivity contribution is 0.254. The Morgan fingerprint density at radius 3 is 2.82 bits per heavy atom. The van der Waals surface area contributed by atoms with Crippen LogP contribution >= 0.6 is 0 Å². The van der Waals surface area contributed by atoms with Crippen molar-refractivity contribution in [1.82, 2.24) is 25.1 Å². The summed E-state index contributed by atoms with van der Waals surface area (Å²) in [6.45, 7) is 0. The lowest BCUT2D eigenvalue weighted by atomic mass is 10.1. The first kappa shape index (κ1) is 13.8. The normalized spacial score (nSPS) is 10.6. The van der Waals surface area contributed by atoms with Gasteiger partial charge in [-0.2, -0.15) is 5.10 Å². The highest BCUT2D eigenvalue weighted by molar-refractivity contribution is 5.96. The number of rotatable bonds is 2. The van der Waals surface area contributed by atoms with Crippen molar-refractivity contribution in [2.24, 2.45) is 7.05 Å². The fourth-order valence-electron chi connectivity index (χ4n) is 2.12. The molecule has 0 saturated heterocycles. The van der Waals surface area contributed by atoms with E-state index in [4.69, 9.17) is 5.73 Å². The minimum Gasteiger partial charge on any atom is -0.383 e. The molecule has 3 rings (SSSR count). The molecule has 0 aliphatic rings. The molecule has 0 aromatic carbocycles. The van der Waals surface area contributed by atoms with Crippen LogP contribution in [0.5, 0.6) is 0 Å². The summed E-state index contributed by atoms with van der Waals surface area (Å²) in [6.07, 6.45) is 5.17. The van der Waals surface area contributed by atoms with E-state index in [1.54, 1.807) is 30.2 Å². The van der Waals surface area contributed by atoms with Crippen molar-refractivity contribution in [2.45, 2.75) is 0 Å². The molecule has 3 heterocycles. The van der Waals surface area contributed by atoms with Gasteiger partial charge in [0.2, 0.25) is 0 Å². The van der Waals surface area contributed by atoms with Crippen LogP contribution in [0.2, 0.25) is 0 Å². The second-order valence-corrected chi connectivity index (χ2v) is 4.79. The van der Waals surface area contributed by atoms with Crippen LogP contribution in [0, 0.1) is 0 Å². The standard InChI is InChI=1S/C14H15N7O/c1-16-14(22)20-12-4-8-3-11(9-5-18-21(2)7-9)19-13(15)10(8)6-17-12/h3-7H,1-2H3,(H2,15,19)(H2,16,17,20,22). The maximum Gasteiger partial charge on any atom is 0.320 e. The molecule has 0 saturated carbocycles. The topological polar surface area (TPSA) is 111 Å². The number of nitrogens with two attached hydrogens (primary N) is 1. The molecule has 3 aromatic heterocycles. The van der Waals surface area contributed by atoms with Crippen molar-refractivity contribution < 1.29 is 4.79 Å². The van der Waals surface area contributed by atoms with Gasteiger partial charge in [-0.3, -0.25) is 10.00 Å². The largest absolute Gasteiger partial charge is 0.383 e. The molecule has 3 aromatic rings. The number of urea groups is 1. The van der Waals surface area contributed by atoms with Gasteiger partial charge in [0.15, 0.2) is 0 Å². The van der Waals surface area contributed by atoms with Crippen molar-refractivity contribution in [1.29, 1.82) is 0 Å². The van der Waals surface area contributed by atoms with Crippen LogP contribution in [0.3, 0.4) is 0 Å². The second kappa shape index (κ2) is 5.32. The monoisotopic (exact) mass is 297 g/mol. The maximum absolute atomic E-state index is 11.4. The van der Waals surface area contributed by atoms with Crippen molar-refractivity contribution in [3.05, 3.63) is 30.7 Å². The summed E-state index contributed by atoms with van der Waals surface area (Å²) in [5, 5.41) is 10.8. The molecule has 0 aliphatic carbocycles. The molecule has 8 heteroatoms. The lowest BCUT2D eigenvalue weighted by Crippen LogP contribution is -2.24. The summed E-state index contributed by atoms with van der Waals surface area (Å²) in [7, 11) is 3.38. The van der Waals surface area contributed by atoms with E-state index in [-0.39, 0.29) is 6.03 Å². The van der Waals surface area contributed by atoms with Gasteiger partial charge in [-0.05, 0) is 17.5 Å². The highest BCUT2D eigenvalue weighted by atomic mass is 16.2. The first-order chi connectivity index (χ1) is 10.6. The second-order valence-electron chi connectivity index (χ2n) is 4.79. The number of nitrogens with zero attached hydrogens (tertiary/aromatic N) is 4. The van der Waals surface area contributed by atoms with E-state index in [1.807, 2.05) is 19.3 Å². The minimum absolute atomic E-state index is 0.332. The summed E-state index contributed by atoms with van der Waals surface area (Å²) >= 11 is 0. The number of hydrogen-bond donors (Lipinski definition) is 3. The van der Waals surface area contributed by atoms with Crippen molar-refractivity contribution in [3.63, 3.8) is 0 Å². The van der Waals surface area contributed by atoms with Crippen LogP contribution in [-0.2, 0) is 7.05 Å². The minimum atomic E-state index is -0.332. The molecule has 112 valence electrons. The molecule has 22 heavy (non-hydrogen) atoms. The Kier molecular flexibility index (Phi) is 3.34. The van der Waals surface area contributed by atoms with E-state index in [2.05, 4.69) is 25.7 Å². The molecular weight excluding hydrogens is 282 g/mol. The number of aryl methyl sites for hydroxylation is 1. The quantitative estimate of drug-likeness (QED) is 0.661. The predicted octanol–water partition coefficient (Wildman–Crippen LogP) is 1.36. The summed E-state index contributed by atoms with van der Waals surface area (Å²) < 4.78 is 1.70. The average Bonchev–Trinajstić information content (AvgIpc) is 2.93. The molecule has 0 fully saturated rings. The van der Waals surface area contributed by atoms with Crippen LogP contribution < -0.4 is 16.4 Å². The van der Waals surface area contributed by atoms with Crippen molar-refractivity contribution in [3.8, 4) is 11.3 Å². The predicted molar refractivity (Wildman–Crippen MR) is 84.2 cm³/mol. The van der Waals surface area contributed by atoms with Gasteiger partial charge in [0.05, 0.1) is 11.9 Å². The Balaban J connectivity index is 2.08. The smallest absolute Gasteiger partial charge is 0.320 e. The van der Waals surface area contributed by atoms with Gasteiger partial charge < -0.3 is 11.1 Å². The van der Waals surface area contributed by atoms with Gasteiger partial charge in [0, 0.05) is 37.4 Å². The number of carbonyl (C=O) groups is 1. The summed E-state index contributed by atoms with van der Waals surface area (Å²) in [5.74, 6) is 0.824. The summed E-state index contributed by atoms with van der Waals surface area (Å²) in [4.78, 5) is 19.9. The van der Waals surface area contributed by atoms with Gasteiger partial charge in [-0.15, -0.1) is 0 Å². The number of aromatic nitrogens is 4. The van der Waals surface area contributed by atoms with E-state index in [1.165, 1.54) is 0 Å². The fraction of sp³-hybridized carbons (Fsp3) is 0.143. The number of amides is 2. The zero-order chi connectivity index (χ0) is 15.7. The van der Waals surface area contributed by atoms with Gasteiger partial charge >= 0.3 is 6.03 Å². The van der Waals surface area contributed by atoms with E-state index in [0.717, 1.165) is 22.0 Å². The van der Waals surface area contributed by atoms with Crippen LogP contribution in [0.15, 0.2) is 30.7 Å². The van der Waals surface area contributed by atoms with E-state index in [0.29, 0.717) is 11.6 Å². The molecule has 0 atom stereocenters.